The van der Waals surface area contributed by atoms with Gasteiger partial charge in [-0.25, -0.2) is 0 Å². The Bertz CT molecular complexity index is 448. The Morgan fingerprint density at radius 1 is 1.50 bits per heavy atom. The number of nitrogens with zero attached hydrogens (tertiary/aromatic N) is 1. The minimum Gasteiger partial charge on any atom is -0.298 e. The van der Waals surface area contributed by atoms with Crippen LogP contribution in [0, 0.1) is 16.7 Å². The highest BCUT2D eigenvalue weighted by Crippen LogP contribution is 2.38. The van der Waals surface area contributed by atoms with Gasteiger partial charge in [0.15, 0.2) is 5.78 Å². The van der Waals surface area contributed by atoms with Crippen LogP contribution in [0.15, 0.2) is 12.1 Å². The number of Topliss-reactive ketones (excluding diaryl/α,β-unsaturated/α-hetero) is 1. The van der Waals surface area contributed by atoms with Crippen molar-refractivity contribution < 1.29 is 4.79 Å². The Labute approximate surface area is 104 Å². The molecule has 1 aromatic rings. The molecule has 0 radical (unpaired) electrons. The second-order valence-corrected chi connectivity index (χ2v) is 6.01. The average Bonchev–Trinajstić information content (AvgIpc) is 2.67. The smallest absolute Gasteiger partial charge is 0.153 e. The zero-order valence-electron chi connectivity index (χ0n) is 8.83. The molecule has 0 spiro atoms. The van der Waals surface area contributed by atoms with Crippen LogP contribution in [0.1, 0.15) is 30.6 Å². The van der Waals surface area contributed by atoms with E-state index in [-0.39, 0.29) is 5.78 Å². The van der Waals surface area contributed by atoms with Gasteiger partial charge in [0, 0.05) is 17.7 Å². The lowest BCUT2D eigenvalue weighted by molar-refractivity contribution is -0.128. The third-order valence-electron chi connectivity index (χ3n) is 3.11. The maximum Gasteiger partial charge on any atom is 0.153 e. The zero-order valence-corrected chi connectivity index (χ0v) is 10.4. The van der Waals surface area contributed by atoms with Crippen molar-refractivity contribution in [1.29, 1.82) is 5.26 Å². The van der Waals surface area contributed by atoms with Crippen LogP contribution in [0.25, 0.3) is 0 Å². The molecule has 0 aromatic carbocycles. The van der Waals surface area contributed by atoms with Crippen LogP contribution in [0.5, 0.6) is 0 Å². The summed E-state index contributed by atoms with van der Waals surface area (Å²) in [7, 11) is 0. The highest BCUT2D eigenvalue weighted by molar-refractivity contribution is 7.16. The van der Waals surface area contributed by atoms with Crippen molar-refractivity contribution in [1.82, 2.24) is 0 Å². The topological polar surface area (TPSA) is 40.9 Å². The molecule has 1 aromatic heterocycles. The largest absolute Gasteiger partial charge is 0.298 e. The summed E-state index contributed by atoms with van der Waals surface area (Å²) < 4.78 is 0.714. The molecule has 0 bridgehead atoms. The minimum atomic E-state index is -0.785. The second-order valence-electron chi connectivity index (χ2n) is 4.21. The number of nitriles is 1. The van der Waals surface area contributed by atoms with E-state index >= 15 is 0 Å². The van der Waals surface area contributed by atoms with Crippen LogP contribution in [-0.4, -0.2) is 5.78 Å². The normalized spacial score (nSPS) is 25.4. The third kappa shape index (κ3) is 2.14. The number of halogens is 1. The molecule has 84 valence electrons. The van der Waals surface area contributed by atoms with Crippen molar-refractivity contribution in [3.05, 3.63) is 21.3 Å². The first-order chi connectivity index (χ1) is 7.66. The van der Waals surface area contributed by atoms with Gasteiger partial charge in [-0.1, -0.05) is 18.0 Å². The van der Waals surface area contributed by atoms with Crippen LogP contribution in [-0.2, 0) is 11.2 Å². The molecule has 1 aliphatic carbocycles. The van der Waals surface area contributed by atoms with E-state index in [0.29, 0.717) is 23.6 Å². The minimum absolute atomic E-state index is 0.103. The van der Waals surface area contributed by atoms with Crippen molar-refractivity contribution >= 4 is 28.7 Å². The summed E-state index contributed by atoms with van der Waals surface area (Å²) in [6.07, 6.45) is 3.66. The van der Waals surface area contributed by atoms with Crippen molar-refractivity contribution in [2.24, 2.45) is 5.41 Å². The second kappa shape index (κ2) is 4.57. The van der Waals surface area contributed by atoms with Gasteiger partial charge in [0.1, 0.15) is 5.41 Å². The summed E-state index contributed by atoms with van der Waals surface area (Å²) in [5, 5.41) is 9.28. The molecular formula is C12H12ClNOS. The van der Waals surface area contributed by atoms with Crippen LogP contribution in [0.4, 0.5) is 0 Å². The summed E-state index contributed by atoms with van der Waals surface area (Å²) in [6.45, 7) is 0. The quantitative estimate of drug-likeness (QED) is 0.808. The maximum atomic E-state index is 11.9. The third-order valence-corrected chi connectivity index (χ3v) is 4.34. The molecule has 0 amide bonds. The monoisotopic (exact) mass is 253 g/mol. The molecule has 1 saturated carbocycles. The number of carbonyl (C=O) groups excluding carboxylic acids is 1. The summed E-state index contributed by atoms with van der Waals surface area (Å²) in [5.74, 6) is 0.103. The molecule has 2 rings (SSSR count). The van der Waals surface area contributed by atoms with E-state index in [1.807, 2.05) is 12.1 Å². The van der Waals surface area contributed by atoms with Gasteiger partial charge in [0.05, 0.1) is 10.4 Å². The van der Waals surface area contributed by atoms with E-state index in [9.17, 15) is 10.1 Å². The molecule has 4 heteroatoms. The number of rotatable bonds is 2. The van der Waals surface area contributed by atoms with Gasteiger partial charge in [0.25, 0.3) is 0 Å². The fourth-order valence-corrected chi connectivity index (χ4v) is 3.38. The van der Waals surface area contributed by atoms with Crippen molar-refractivity contribution in [3.8, 4) is 6.07 Å². The Morgan fingerprint density at radius 3 is 2.88 bits per heavy atom. The van der Waals surface area contributed by atoms with Gasteiger partial charge < -0.3 is 0 Å². The highest BCUT2D eigenvalue weighted by Gasteiger charge is 2.40. The van der Waals surface area contributed by atoms with E-state index in [2.05, 4.69) is 6.07 Å². The fraction of sp³-hybridized carbons (Fsp3) is 0.500. The predicted molar refractivity (Wildman–Crippen MR) is 64.6 cm³/mol. The van der Waals surface area contributed by atoms with Gasteiger partial charge in [-0.15, -0.1) is 11.3 Å². The Kier molecular flexibility index (Phi) is 3.32. The van der Waals surface area contributed by atoms with E-state index in [0.717, 1.165) is 17.7 Å². The van der Waals surface area contributed by atoms with Crippen LogP contribution < -0.4 is 0 Å². The van der Waals surface area contributed by atoms with Gasteiger partial charge in [0.2, 0.25) is 0 Å². The van der Waals surface area contributed by atoms with Crippen molar-refractivity contribution in [2.75, 3.05) is 0 Å². The number of hydrogen-bond acceptors (Lipinski definition) is 3. The first-order valence-corrected chi connectivity index (χ1v) is 6.54. The van der Waals surface area contributed by atoms with Crippen LogP contribution in [0.3, 0.4) is 0 Å². The van der Waals surface area contributed by atoms with Gasteiger partial charge >= 0.3 is 0 Å². The SMILES string of the molecule is N#CC1(Cc2ccc(Cl)s2)CCCCC1=O. The lowest BCUT2D eigenvalue weighted by Gasteiger charge is -2.28. The molecular weight excluding hydrogens is 242 g/mol. The molecule has 1 atom stereocenters. The zero-order chi connectivity index (χ0) is 11.6. The van der Waals surface area contributed by atoms with Gasteiger partial charge in [-0.3, -0.25) is 4.79 Å². The molecule has 0 saturated heterocycles. The summed E-state index contributed by atoms with van der Waals surface area (Å²) in [6, 6.07) is 5.97. The number of thiophene rings is 1. The van der Waals surface area contributed by atoms with Crippen molar-refractivity contribution in [3.63, 3.8) is 0 Å². The molecule has 1 aliphatic rings. The summed E-state index contributed by atoms with van der Waals surface area (Å²) >= 11 is 7.31. The first-order valence-electron chi connectivity index (χ1n) is 5.35. The highest BCUT2D eigenvalue weighted by atomic mass is 35.5. The van der Waals surface area contributed by atoms with Crippen LogP contribution >= 0.6 is 22.9 Å². The Hall–Kier alpha value is -0.850. The van der Waals surface area contributed by atoms with E-state index < -0.39 is 5.41 Å². The average molecular weight is 254 g/mol. The number of hydrogen-bond donors (Lipinski definition) is 0. The predicted octanol–water partition coefficient (Wildman–Crippen LogP) is 3.60. The summed E-state index contributed by atoms with van der Waals surface area (Å²) in [5.41, 5.74) is -0.785. The standard InChI is InChI=1S/C12H12ClNOS/c13-11-5-4-9(16-11)7-12(8-14)6-2-1-3-10(12)15/h4-5H,1-3,6-7H2. The first kappa shape index (κ1) is 11.6. The summed E-state index contributed by atoms with van der Waals surface area (Å²) in [4.78, 5) is 12.9. The molecule has 1 fully saturated rings. The molecule has 2 nitrogen and oxygen atoms in total. The van der Waals surface area contributed by atoms with E-state index in [1.54, 1.807) is 0 Å². The fourth-order valence-electron chi connectivity index (χ4n) is 2.18. The molecule has 0 N–H and O–H groups in total. The Morgan fingerprint density at radius 2 is 2.31 bits per heavy atom. The lowest BCUT2D eigenvalue weighted by atomic mass is 9.71. The lowest BCUT2D eigenvalue weighted by Crippen LogP contribution is -2.34. The number of carbonyl (C=O) groups is 1. The maximum absolute atomic E-state index is 11.9. The van der Waals surface area contributed by atoms with Crippen LogP contribution in [0.2, 0.25) is 4.34 Å². The molecule has 1 heterocycles. The molecule has 0 aliphatic heterocycles. The van der Waals surface area contributed by atoms with E-state index in [1.165, 1.54) is 11.3 Å². The van der Waals surface area contributed by atoms with Gasteiger partial charge in [-0.05, 0) is 25.0 Å². The van der Waals surface area contributed by atoms with Gasteiger partial charge in [-0.2, -0.15) is 5.26 Å². The number of ketones is 1. The molecule has 1 unspecified atom stereocenters. The molecule has 16 heavy (non-hydrogen) atoms. The van der Waals surface area contributed by atoms with Crippen molar-refractivity contribution in [2.45, 2.75) is 32.1 Å². The Balaban J connectivity index is 2.22. The van der Waals surface area contributed by atoms with E-state index in [4.69, 9.17) is 11.6 Å².